The van der Waals surface area contributed by atoms with E-state index < -0.39 is 10.0 Å². The predicted molar refractivity (Wildman–Crippen MR) is 127 cm³/mol. The molecule has 3 rings (SSSR count). The number of hydrogen-bond acceptors (Lipinski definition) is 4. The maximum Gasteiger partial charge on any atom is 0.252 e. The fourth-order valence-electron chi connectivity index (χ4n) is 4.25. The molecule has 174 valence electrons. The number of ether oxygens (including phenoxy) is 1. The summed E-state index contributed by atoms with van der Waals surface area (Å²) in [4.78, 5) is 13.3. The third-order valence-corrected chi connectivity index (χ3v) is 8.11. The molecule has 1 heterocycles. The molecule has 0 bridgehead atoms. The molecule has 0 spiro atoms. The summed E-state index contributed by atoms with van der Waals surface area (Å²) in [5.41, 5.74) is 4.25. The molecule has 2 aromatic rings. The van der Waals surface area contributed by atoms with Crippen molar-refractivity contribution in [2.75, 3.05) is 20.2 Å². The van der Waals surface area contributed by atoms with Crippen LogP contribution >= 0.6 is 0 Å². The average Bonchev–Trinajstić information content (AvgIpc) is 3.29. The third kappa shape index (κ3) is 4.84. The van der Waals surface area contributed by atoms with Gasteiger partial charge in [-0.15, -0.1) is 0 Å². The van der Waals surface area contributed by atoms with E-state index in [0.717, 1.165) is 40.8 Å². The minimum Gasteiger partial charge on any atom is -0.496 e. The molecule has 0 saturated carbocycles. The van der Waals surface area contributed by atoms with Crippen molar-refractivity contribution in [3.63, 3.8) is 0 Å². The Morgan fingerprint density at radius 1 is 1.00 bits per heavy atom. The Balaban J connectivity index is 1.88. The fourth-order valence-corrected chi connectivity index (χ4v) is 5.79. The lowest BCUT2D eigenvalue weighted by molar-refractivity contribution is 0.0939. The van der Waals surface area contributed by atoms with Gasteiger partial charge in [0, 0.05) is 18.7 Å². The van der Waals surface area contributed by atoms with Gasteiger partial charge < -0.3 is 10.1 Å². The second-order valence-corrected chi connectivity index (χ2v) is 10.8. The number of amides is 1. The minimum absolute atomic E-state index is 0.172. The van der Waals surface area contributed by atoms with Gasteiger partial charge in [-0.05, 0) is 86.1 Å². The summed E-state index contributed by atoms with van der Waals surface area (Å²) in [7, 11) is -1.92. The molecule has 0 aliphatic carbocycles. The Labute approximate surface area is 192 Å². The lowest BCUT2D eigenvalue weighted by Gasteiger charge is -2.22. The molecule has 6 nitrogen and oxygen atoms in total. The van der Waals surface area contributed by atoms with Gasteiger partial charge in [-0.3, -0.25) is 4.79 Å². The zero-order chi connectivity index (χ0) is 23.6. The van der Waals surface area contributed by atoms with Crippen LogP contribution in [0.15, 0.2) is 35.2 Å². The highest BCUT2D eigenvalue weighted by Crippen LogP contribution is 2.32. The van der Waals surface area contributed by atoms with Gasteiger partial charge in [-0.2, -0.15) is 4.31 Å². The molecule has 0 aromatic heterocycles. The number of nitrogens with one attached hydrogen (secondary N) is 1. The van der Waals surface area contributed by atoms with Crippen molar-refractivity contribution in [3.8, 4) is 5.75 Å². The molecule has 7 heteroatoms. The Kier molecular flexibility index (Phi) is 7.30. The molecule has 1 amide bonds. The number of sulfonamides is 1. The zero-order valence-corrected chi connectivity index (χ0v) is 20.7. The SMILES string of the molecule is COc1cc(C)c([C@@H](C)NC(=O)c2cc(S(=O)(=O)N3CCCC3)ccc2C)cc1C(C)C. The van der Waals surface area contributed by atoms with Crippen LogP contribution in [0.2, 0.25) is 0 Å². The normalized spacial score (nSPS) is 15.7. The number of nitrogens with zero attached hydrogens (tertiary/aromatic N) is 1. The molecule has 0 unspecified atom stereocenters. The first kappa shape index (κ1) is 24.3. The van der Waals surface area contributed by atoms with Gasteiger partial charge in [-0.1, -0.05) is 19.9 Å². The molecule has 1 aliphatic rings. The highest BCUT2D eigenvalue weighted by Gasteiger charge is 2.28. The summed E-state index contributed by atoms with van der Waals surface area (Å²) >= 11 is 0. The van der Waals surface area contributed by atoms with Gasteiger partial charge in [0.25, 0.3) is 5.91 Å². The predicted octanol–water partition coefficient (Wildman–Crippen LogP) is 4.71. The van der Waals surface area contributed by atoms with Gasteiger partial charge in [0.15, 0.2) is 0 Å². The van der Waals surface area contributed by atoms with Crippen molar-refractivity contribution in [3.05, 3.63) is 58.1 Å². The monoisotopic (exact) mass is 458 g/mol. The van der Waals surface area contributed by atoms with Gasteiger partial charge in [-0.25, -0.2) is 8.42 Å². The number of carbonyl (C=O) groups is 1. The van der Waals surface area contributed by atoms with E-state index in [-0.39, 0.29) is 22.8 Å². The molecule has 2 aromatic carbocycles. The smallest absolute Gasteiger partial charge is 0.252 e. The van der Waals surface area contributed by atoms with Crippen LogP contribution in [0.4, 0.5) is 0 Å². The average molecular weight is 459 g/mol. The van der Waals surface area contributed by atoms with E-state index in [4.69, 9.17) is 4.74 Å². The second kappa shape index (κ2) is 9.63. The van der Waals surface area contributed by atoms with E-state index in [1.54, 1.807) is 19.2 Å². The van der Waals surface area contributed by atoms with Crippen molar-refractivity contribution in [1.29, 1.82) is 0 Å². The molecule has 1 N–H and O–H groups in total. The van der Waals surface area contributed by atoms with E-state index in [1.807, 2.05) is 26.8 Å². The molecule has 1 saturated heterocycles. The van der Waals surface area contributed by atoms with Crippen LogP contribution in [0.5, 0.6) is 5.75 Å². The first-order valence-corrected chi connectivity index (χ1v) is 12.6. The summed E-state index contributed by atoms with van der Waals surface area (Å²) in [6, 6.07) is 8.64. The number of carbonyl (C=O) groups excluding carboxylic acids is 1. The highest BCUT2D eigenvalue weighted by atomic mass is 32.2. The molecule has 1 atom stereocenters. The van der Waals surface area contributed by atoms with Crippen LogP contribution in [0, 0.1) is 13.8 Å². The molecule has 1 aliphatic heterocycles. The summed E-state index contributed by atoms with van der Waals surface area (Å²) in [5.74, 6) is 0.840. The van der Waals surface area contributed by atoms with Gasteiger partial charge in [0.05, 0.1) is 18.0 Å². The van der Waals surface area contributed by atoms with Gasteiger partial charge in [0.1, 0.15) is 5.75 Å². The Bertz CT molecular complexity index is 1100. The van der Waals surface area contributed by atoms with Crippen LogP contribution in [0.3, 0.4) is 0 Å². The van der Waals surface area contributed by atoms with E-state index >= 15 is 0 Å². The Hall–Kier alpha value is -2.38. The number of hydrogen-bond donors (Lipinski definition) is 1. The van der Waals surface area contributed by atoms with E-state index in [9.17, 15) is 13.2 Å². The van der Waals surface area contributed by atoms with Gasteiger partial charge >= 0.3 is 0 Å². The van der Waals surface area contributed by atoms with Gasteiger partial charge in [0.2, 0.25) is 10.0 Å². The van der Waals surface area contributed by atoms with Crippen molar-refractivity contribution in [1.82, 2.24) is 9.62 Å². The largest absolute Gasteiger partial charge is 0.496 e. The van der Waals surface area contributed by atoms with Crippen LogP contribution in [0.25, 0.3) is 0 Å². The van der Waals surface area contributed by atoms with Crippen molar-refractivity contribution in [2.24, 2.45) is 0 Å². The number of rotatable bonds is 7. The summed E-state index contributed by atoms with van der Waals surface area (Å²) in [6.45, 7) is 11.0. The summed E-state index contributed by atoms with van der Waals surface area (Å²) < 4.78 is 32.9. The lowest BCUT2D eigenvalue weighted by atomic mass is 9.93. The van der Waals surface area contributed by atoms with E-state index in [0.29, 0.717) is 18.7 Å². The first-order chi connectivity index (χ1) is 15.1. The minimum atomic E-state index is -3.58. The molecule has 1 fully saturated rings. The molecule has 0 radical (unpaired) electrons. The highest BCUT2D eigenvalue weighted by molar-refractivity contribution is 7.89. The Morgan fingerprint density at radius 2 is 1.66 bits per heavy atom. The standard InChI is InChI=1S/C25H34N2O4S/c1-16(2)21-15-22(18(4)13-24(21)31-6)19(5)26-25(28)23-14-20(10-9-17(23)3)32(29,30)27-11-7-8-12-27/h9-10,13-16,19H,7-8,11-12H2,1-6H3,(H,26,28)/t19-/m1/s1. The zero-order valence-electron chi connectivity index (χ0n) is 19.9. The van der Waals surface area contributed by atoms with Crippen molar-refractivity contribution >= 4 is 15.9 Å². The molecular weight excluding hydrogens is 424 g/mol. The maximum absolute atomic E-state index is 13.2. The first-order valence-electron chi connectivity index (χ1n) is 11.2. The number of benzene rings is 2. The maximum atomic E-state index is 13.2. The quantitative estimate of drug-likeness (QED) is 0.652. The number of aryl methyl sites for hydroxylation is 2. The van der Waals surface area contributed by atoms with Crippen molar-refractivity contribution in [2.45, 2.75) is 64.3 Å². The van der Waals surface area contributed by atoms with E-state index in [2.05, 4.69) is 25.2 Å². The van der Waals surface area contributed by atoms with Crippen LogP contribution in [0.1, 0.15) is 78.2 Å². The summed E-state index contributed by atoms with van der Waals surface area (Å²) in [6.07, 6.45) is 1.74. The van der Waals surface area contributed by atoms with Crippen molar-refractivity contribution < 1.29 is 17.9 Å². The van der Waals surface area contributed by atoms with Crippen LogP contribution < -0.4 is 10.1 Å². The Morgan fingerprint density at radius 3 is 2.25 bits per heavy atom. The topological polar surface area (TPSA) is 75.7 Å². The number of methoxy groups -OCH3 is 1. The molecular formula is C25H34N2O4S. The second-order valence-electron chi connectivity index (χ2n) is 8.89. The van der Waals surface area contributed by atoms with E-state index in [1.165, 1.54) is 10.4 Å². The lowest BCUT2D eigenvalue weighted by Crippen LogP contribution is -2.30. The van der Waals surface area contributed by atoms with Crippen LogP contribution in [-0.2, 0) is 10.0 Å². The molecule has 32 heavy (non-hydrogen) atoms. The fraction of sp³-hybridized carbons (Fsp3) is 0.480. The third-order valence-electron chi connectivity index (χ3n) is 6.21. The van der Waals surface area contributed by atoms with Crippen LogP contribution in [-0.4, -0.2) is 38.8 Å². The summed E-state index contributed by atoms with van der Waals surface area (Å²) in [5, 5.41) is 3.06.